The molecule has 1 aliphatic rings. The van der Waals surface area contributed by atoms with E-state index in [0.29, 0.717) is 16.9 Å². The summed E-state index contributed by atoms with van der Waals surface area (Å²) in [5.74, 6) is -0.443. The maximum Gasteiger partial charge on any atom is 0.307 e. The number of nitrogens with zero attached hydrogens (tertiary/aromatic N) is 1. The Labute approximate surface area is 183 Å². The third-order valence-electron chi connectivity index (χ3n) is 5.40. The van der Waals surface area contributed by atoms with Crippen molar-refractivity contribution in [1.82, 2.24) is 9.97 Å². The van der Waals surface area contributed by atoms with Crippen LogP contribution in [-0.4, -0.2) is 27.9 Å². The van der Waals surface area contributed by atoms with Crippen molar-refractivity contribution in [1.29, 1.82) is 0 Å². The molecule has 0 radical (unpaired) electrons. The van der Waals surface area contributed by atoms with E-state index in [1.807, 2.05) is 25.1 Å². The number of rotatable bonds is 6. The number of aromatic nitrogens is 2. The number of carbonyl (C=O) groups is 2. The molecule has 0 saturated carbocycles. The fourth-order valence-corrected chi connectivity index (χ4v) is 5.10. The molecule has 1 atom stereocenters. The summed E-state index contributed by atoms with van der Waals surface area (Å²) in [4.78, 5) is 46.5. The van der Waals surface area contributed by atoms with E-state index in [1.165, 1.54) is 11.8 Å². The zero-order chi connectivity index (χ0) is 22.0. The molecule has 162 valence electrons. The zero-order valence-corrected chi connectivity index (χ0v) is 18.4. The van der Waals surface area contributed by atoms with Crippen molar-refractivity contribution < 1.29 is 14.3 Å². The van der Waals surface area contributed by atoms with Gasteiger partial charge in [0.1, 0.15) is 10.7 Å². The van der Waals surface area contributed by atoms with Crippen LogP contribution in [0.3, 0.4) is 0 Å². The molecular weight excluding hydrogens is 414 g/mol. The van der Waals surface area contributed by atoms with E-state index in [9.17, 15) is 14.4 Å². The molecule has 4 rings (SSSR count). The van der Waals surface area contributed by atoms with Crippen molar-refractivity contribution in [3.05, 3.63) is 56.4 Å². The van der Waals surface area contributed by atoms with Crippen LogP contribution in [0.4, 0.5) is 5.69 Å². The van der Waals surface area contributed by atoms with Crippen molar-refractivity contribution in [3.8, 4) is 0 Å². The predicted molar refractivity (Wildman–Crippen MR) is 121 cm³/mol. The third kappa shape index (κ3) is 4.85. The van der Waals surface area contributed by atoms with Gasteiger partial charge in [0.05, 0.1) is 11.8 Å². The second-order valence-corrected chi connectivity index (χ2v) is 8.98. The number of amides is 1. The normalized spacial score (nSPS) is 14.1. The fourth-order valence-electron chi connectivity index (χ4n) is 3.82. The first-order valence-electron chi connectivity index (χ1n) is 10.5. The molecule has 2 aromatic heterocycles. The summed E-state index contributed by atoms with van der Waals surface area (Å²) < 4.78 is 5.25. The third-order valence-corrected chi connectivity index (χ3v) is 6.59. The van der Waals surface area contributed by atoms with Gasteiger partial charge in [-0.05, 0) is 62.8 Å². The first kappa shape index (κ1) is 21.2. The summed E-state index contributed by atoms with van der Waals surface area (Å²) in [6.07, 6.45) is 3.52. The maximum atomic E-state index is 12.6. The average molecular weight is 440 g/mol. The van der Waals surface area contributed by atoms with Crippen LogP contribution in [0.15, 0.2) is 29.1 Å². The molecule has 0 fully saturated rings. The summed E-state index contributed by atoms with van der Waals surface area (Å²) >= 11 is 1.58. The van der Waals surface area contributed by atoms with Gasteiger partial charge in [0, 0.05) is 17.0 Å². The molecule has 0 saturated heterocycles. The Morgan fingerprint density at radius 1 is 1.29 bits per heavy atom. The number of aromatic amines is 1. The van der Waals surface area contributed by atoms with Gasteiger partial charge in [-0.1, -0.05) is 12.1 Å². The van der Waals surface area contributed by atoms with E-state index in [2.05, 4.69) is 15.3 Å². The van der Waals surface area contributed by atoms with Crippen LogP contribution in [0.2, 0.25) is 0 Å². The standard InChI is InChI=1S/C23H25N3O4S/c1-13-6-5-7-15(12-13)24-21(28)14(2)30-19(27)11-10-18-25-22(29)20-16-8-3-4-9-17(16)31-23(20)26-18/h5-7,12,14H,3-4,8-11H2,1-2H3,(H,24,28)(H,25,26,29). The molecule has 1 unspecified atom stereocenters. The topological polar surface area (TPSA) is 101 Å². The number of H-pyrrole nitrogens is 1. The summed E-state index contributed by atoms with van der Waals surface area (Å²) in [5, 5.41) is 3.44. The Kier molecular flexibility index (Phi) is 6.18. The van der Waals surface area contributed by atoms with Gasteiger partial charge in [-0.25, -0.2) is 4.98 Å². The van der Waals surface area contributed by atoms with E-state index >= 15 is 0 Å². The van der Waals surface area contributed by atoms with Crippen LogP contribution < -0.4 is 10.9 Å². The number of esters is 1. The van der Waals surface area contributed by atoms with E-state index in [1.54, 1.807) is 17.4 Å². The Bertz CT molecular complexity index is 1200. The minimum Gasteiger partial charge on any atom is -0.453 e. The van der Waals surface area contributed by atoms with E-state index in [4.69, 9.17) is 4.74 Å². The second kappa shape index (κ2) is 9.01. The highest BCUT2D eigenvalue weighted by Gasteiger charge is 2.21. The first-order chi connectivity index (χ1) is 14.9. The van der Waals surface area contributed by atoms with Gasteiger partial charge in [0.2, 0.25) is 0 Å². The van der Waals surface area contributed by atoms with Crippen molar-refractivity contribution in [2.75, 3.05) is 5.32 Å². The minimum atomic E-state index is -0.925. The van der Waals surface area contributed by atoms with Crippen molar-refractivity contribution >= 4 is 39.1 Å². The first-order valence-corrected chi connectivity index (χ1v) is 11.3. The van der Waals surface area contributed by atoms with Crippen molar-refractivity contribution in [2.24, 2.45) is 0 Å². The molecule has 8 heteroatoms. The summed E-state index contributed by atoms with van der Waals surface area (Å²) in [7, 11) is 0. The number of fused-ring (bicyclic) bond motifs is 3. The number of aryl methyl sites for hydroxylation is 4. The number of hydrogen-bond donors (Lipinski definition) is 2. The number of thiophene rings is 1. The molecule has 3 aromatic rings. The Balaban J connectivity index is 1.35. The molecule has 7 nitrogen and oxygen atoms in total. The lowest BCUT2D eigenvalue weighted by molar-refractivity contribution is -0.153. The van der Waals surface area contributed by atoms with Gasteiger partial charge in [0.15, 0.2) is 6.10 Å². The molecule has 0 aliphatic heterocycles. The van der Waals surface area contributed by atoms with Gasteiger partial charge in [-0.2, -0.15) is 0 Å². The van der Waals surface area contributed by atoms with Gasteiger partial charge in [-0.3, -0.25) is 14.4 Å². The summed E-state index contributed by atoms with van der Waals surface area (Å²) in [5.41, 5.74) is 2.67. The fraction of sp³-hybridized carbons (Fsp3) is 0.391. The van der Waals surface area contributed by atoms with E-state index in [-0.39, 0.29) is 18.4 Å². The predicted octanol–water partition coefficient (Wildman–Crippen LogP) is 3.67. The number of nitrogens with one attached hydrogen (secondary N) is 2. The molecule has 1 amide bonds. The zero-order valence-electron chi connectivity index (χ0n) is 17.6. The maximum absolute atomic E-state index is 12.6. The van der Waals surface area contributed by atoms with Crippen LogP contribution in [0.5, 0.6) is 0 Å². The Morgan fingerprint density at radius 3 is 2.90 bits per heavy atom. The van der Waals surface area contributed by atoms with Gasteiger partial charge in [0.25, 0.3) is 11.5 Å². The van der Waals surface area contributed by atoms with E-state index < -0.39 is 18.0 Å². The van der Waals surface area contributed by atoms with E-state index in [0.717, 1.165) is 41.6 Å². The number of carbonyl (C=O) groups excluding carboxylic acids is 2. The molecule has 0 bridgehead atoms. The second-order valence-electron chi connectivity index (χ2n) is 7.89. The monoisotopic (exact) mass is 439 g/mol. The highest BCUT2D eigenvalue weighted by molar-refractivity contribution is 7.18. The molecule has 2 N–H and O–H groups in total. The SMILES string of the molecule is Cc1cccc(NC(=O)C(C)OC(=O)CCc2nc3sc4c(c3c(=O)[nH]2)CCCC4)c1. The van der Waals surface area contributed by atoms with Crippen LogP contribution in [0.1, 0.15) is 48.0 Å². The van der Waals surface area contributed by atoms with Crippen molar-refractivity contribution in [2.45, 2.75) is 58.5 Å². The number of ether oxygens (including phenoxy) is 1. The number of anilines is 1. The highest BCUT2D eigenvalue weighted by Crippen LogP contribution is 2.33. The molecular formula is C23H25N3O4S. The van der Waals surface area contributed by atoms with Gasteiger partial charge in [-0.15, -0.1) is 11.3 Å². The summed E-state index contributed by atoms with van der Waals surface area (Å²) in [6.45, 7) is 3.46. The smallest absolute Gasteiger partial charge is 0.307 e. The van der Waals surface area contributed by atoms with Crippen LogP contribution in [0.25, 0.3) is 10.2 Å². The molecule has 2 heterocycles. The lowest BCUT2D eigenvalue weighted by Gasteiger charge is -2.13. The van der Waals surface area contributed by atoms with Crippen LogP contribution in [-0.2, 0) is 33.6 Å². The minimum absolute atomic E-state index is 0.0294. The van der Waals surface area contributed by atoms with Crippen LogP contribution >= 0.6 is 11.3 Å². The average Bonchev–Trinajstić information content (AvgIpc) is 3.11. The van der Waals surface area contributed by atoms with Crippen LogP contribution in [0, 0.1) is 6.92 Å². The molecule has 31 heavy (non-hydrogen) atoms. The Morgan fingerprint density at radius 2 is 2.10 bits per heavy atom. The molecule has 1 aromatic carbocycles. The largest absolute Gasteiger partial charge is 0.453 e. The van der Waals surface area contributed by atoms with Crippen molar-refractivity contribution in [3.63, 3.8) is 0 Å². The Hall–Kier alpha value is -3.00. The molecule has 1 aliphatic carbocycles. The van der Waals surface area contributed by atoms with Gasteiger partial charge >= 0.3 is 5.97 Å². The number of benzene rings is 1. The quantitative estimate of drug-likeness (QED) is 0.571. The van der Waals surface area contributed by atoms with Gasteiger partial charge < -0.3 is 15.0 Å². The molecule has 0 spiro atoms. The lowest BCUT2D eigenvalue weighted by atomic mass is 9.97. The highest BCUT2D eigenvalue weighted by atomic mass is 32.1. The lowest BCUT2D eigenvalue weighted by Crippen LogP contribution is -2.30. The number of hydrogen-bond acceptors (Lipinski definition) is 6. The summed E-state index contributed by atoms with van der Waals surface area (Å²) in [6, 6.07) is 7.39.